The van der Waals surface area contributed by atoms with Crippen LogP contribution in [-0.2, 0) is 0 Å². The highest BCUT2D eigenvalue weighted by Crippen LogP contribution is 2.31. The van der Waals surface area contributed by atoms with Crippen LogP contribution in [-0.4, -0.2) is 13.1 Å². The van der Waals surface area contributed by atoms with E-state index in [-0.39, 0.29) is 0 Å². The quantitative estimate of drug-likeness (QED) is 0.676. The van der Waals surface area contributed by atoms with Crippen LogP contribution in [0.3, 0.4) is 0 Å². The van der Waals surface area contributed by atoms with Gasteiger partial charge in [0.15, 0.2) is 0 Å². The molecule has 1 heteroatoms. The Morgan fingerprint density at radius 3 is 1.93 bits per heavy atom. The van der Waals surface area contributed by atoms with Crippen LogP contribution >= 0.6 is 0 Å². The number of hydrogen-bond donors (Lipinski definition) is 1. The summed E-state index contributed by atoms with van der Waals surface area (Å²) in [6, 6.07) is 0. The molecular formula is C13H25N. The van der Waals surface area contributed by atoms with Crippen molar-refractivity contribution in [2.75, 3.05) is 13.1 Å². The van der Waals surface area contributed by atoms with Crippen molar-refractivity contribution in [2.45, 2.75) is 57.8 Å². The lowest BCUT2D eigenvalue weighted by Gasteiger charge is -2.32. The molecule has 1 saturated heterocycles. The second-order valence-corrected chi connectivity index (χ2v) is 5.21. The van der Waals surface area contributed by atoms with Gasteiger partial charge in [-0.1, -0.05) is 44.9 Å². The average Bonchev–Trinajstić information content (AvgIpc) is 2.18. The Labute approximate surface area is 88.7 Å². The van der Waals surface area contributed by atoms with Crippen molar-refractivity contribution in [3.05, 3.63) is 0 Å². The molecule has 0 radical (unpaired) electrons. The maximum atomic E-state index is 3.57. The topological polar surface area (TPSA) is 12.0 Å². The van der Waals surface area contributed by atoms with Crippen molar-refractivity contribution in [1.29, 1.82) is 0 Å². The zero-order valence-corrected chi connectivity index (χ0v) is 9.43. The van der Waals surface area contributed by atoms with E-state index in [9.17, 15) is 0 Å². The number of rotatable bonds is 1. The second-order valence-electron chi connectivity index (χ2n) is 5.21. The molecule has 1 heterocycles. The van der Waals surface area contributed by atoms with Crippen molar-refractivity contribution in [3.8, 4) is 0 Å². The van der Waals surface area contributed by atoms with Crippen molar-refractivity contribution in [2.24, 2.45) is 11.8 Å². The van der Waals surface area contributed by atoms with Crippen molar-refractivity contribution in [3.63, 3.8) is 0 Å². The van der Waals surface area contributed by atoms with E-state index in [1.54, 1.807) is 0 Å². The molecule has 0 amide bonds. The minimum Gasteiger partial charge on any atom is -0.316 e. The van der Waals surface area contributed by atoms with Gasteiger partial charge in [-0.05, 0) is 37.8 Å². The Hall–Kier alpha value is -0.0400. The fourth-order valence-corrected chi connectivity index (χ4v) is 3.24. The highest BCUT2D eigenvalue weighted by atomic mass is 14.9. The summed E-state index contributed by atoms with van der Waals surface area (Å²) >= 11 is 0. The smallest absolute Gasteiger partial charge is 0.00179 e. The summed E-state index contributed by atoms with van der Waals surface area (Å²) in [6.45, 7) is 2.58. The SMILES string of the molecule is C1CCCC(C2CCCNC2)CCC1. The number of piperidine rings is 1. The van der Waals surface area contributed by atoms with Gasteiger partial charge in [0.2, 0.25) is 0 Å². The molecule has 1 aliphatic carbocycles. The van der Waals surface area contributed by atoms with Crippen LogP contribution < -0.4 is 5.32 Å². The lowest BCUT2D eigenvalue weighted by molar-refractivity contribution is 0.220. The summed E-state index contributed by atoms with van der Waals surface area (Å²) in [5.41, 5.74) is 0. The van der Waals surface area contributed by atoms with E-state index in [0.717, 1.165) is 11.8 Å². The molecule has 1 atom stereocenters. The minimum atomic E-state index is 1.02. The Morgan fingerprint density at radius 1 is 0.643 bits per heavy atom. The third kappa shape index (κ3) is 2.98. The van der Waals surface area contributed by atoms with Gasteiger partial charge in [-0.25, -0.2) is 0 Å². The van der Waals surface area contributed by atoms with Crippen molar-refractivity contribution >= 4 is 0 Å². The van der Waals surface area contributed by atoms with Gasteiger partial charge >= 0.3 is 0 Å². The fraction of sp³-hybridized carbons (Fsp3) is 1.00. The van der Waals surface area contributed by atoms with E-state index in [1.807, 2.05) is 0 Å². The van der Waals surface area contributed by atoms with E-state index in [1.165, 1.54) is 70.9 Å². The molecule has 1 nitrogen and oxygen atoms in total. The van der Waals surface area contributed by atoms with Gasteiger partial charge in [0.1, 0.15) is 0 Å². The summed E-state index contributed by atoms with van der Waals surface area (Å²) in [6.07, 6.45) is 13.4. The molecule has 2 rings (SSSR count). The summed E-state index contributed by atoms with van der Waals surface area (Å²) in [5.74, 6) is 2.07. The van der Waals surface area contributed by atoms with E-state index >= 15 is 0 Å². The second kappa shape index (κ2) is 5.75. The van der Waals surface area contributed by atoms with E-state index in [0.29, 0.717) is 0 Å². The molecule has 82 valence electrons. The molecule has 0 bridgehead atoms. The summed E-state index contributed by atoms with van der Waals surface area (Å²) < 4.78 is 0. The first-order valence-electron chi connectivity index (χ1n) is 6.67. The molecule has 2 aliphatic rings. The van der Waals surface area contributed by atoms with Gasteiger partial charge in [0, 0.05) is 0 Å². The van der Waals surface area contributed by atoms with Gasteiger partial charge in [0.25, 0.3) is 0 Å². The van der Waals surface area contributed by atoms with E-state index in [2.05, 4.69) is 5.32 Å². The van der Waals surface area contributed by atoms with Crippen LogP contribution in [0.5, 0.6) is 0 Å². The first-order valence-corrected chi connectivity index (χ1v) is 6.67. The molecule has 0 spiro atoms. The zero-order chi connectivity index (χ0) is 9.64. The van der Waals surface area contributed by atoms with Crippen molar-refractivity contribution < 1.29 is 0 Å². The molecule has 1 unspecified atom stereocenters. The molecule has 0 aromatic carbocycles. The Bertz CT molecular complexity index is 141. The third-order valence-electron chi connectivity index (χ3n) is 4.15. The van der Waals surface area contributed by atoms with Gasteiger partial charge in [-0.2, -0.15) is 0 Å². The van der Waals surface area contributed by atoms with Gasteiger partial charge in [-0.3, -0.25) is 0 Å². The monoisotopic (exact) mass is 195 g/mol. The highest BCUT2D eigenvalue weighted by Gasteiger charge is 2.23. The van der Waals surface area contributed by atoms with Crippen LogP contribution in [0.25, 0.3) is 0 Å². The summed E-state index contributed by atoms with van der Waals surface area (Å²) in [7, 11) is 0. The predicted molar refractivity (Wildman–Crippen MR) is 61.4 cm³/mol. The Kier molecular flexibility index (Phi) is 4.30. The largest absolute Gasteiger partial charge is 0.316 e. The lowest BCUT2D eigenvalue weighted by Crippen LogP contribution is -2.34. The first-order chi connectivity index (χ1) is 6.97. The molecule has 1 N–H and O–H groups in total. The van der Waals surface area contributed by atoms with Crippen LogP contribution in [0.2, 0.25) is 0 Å². The van der Waals surface area contributed by atoms with Crippen LogP contribution in [0, 0.1) is 11.8 Å². The molecule has 0 aromatic heterocycles. The fourth-order valence-electron chi connectivity index (χ4n) is 3.24. The molecule has 2 fully saturated rings. The van der Waals surface area contributed by atoms with Crippen LogP contribution in [0.4, 0.5) is 0 Å². The van der Waals surface area contributed by atoms with E-state index in [4.69, 9.17) is 0 Å². The highest BCUT2D eigenvalue weighted by molar-refractivity contribution is 4.77. The molecule has 0 aromatic rings. The Morgan fingerprint density at radius 2 is 1.29 bits per heavy atom. The third-order valence-corrected chi connectivity index (χ3v) is 4.15. The predicted octanol–water partition coefficient (Wildman–Crippen LogP) is 3.35. The number of hydrogen-bond acceptors (Lipinski definition) is 1. The zero-order valence-electron chi connectivity index (χ0n) is 9.43. The standard InChI is InChI=1S/C13H25N/c1-2-4-7-12(8-5-3-1)13-9-6-10-14-11-13/h12-14H,1-11H2. The van der Waals surface area contributed by atoms with Gasteiger partial charge in [-0.15, -0.1) is 0 Å². The molecular weight excluding hydrogens is 170 g/mol. The molecule has 1 saturated carbocycles. The van der Waals surface area contributed by atoms with Crippen molar-refractivity contribution in [1.82, 2.24) is 5.32 Å². The Balaban J connectivity index is 1.80. The average molecular weight is 195 g/mol. The summed E-state index contributed by atoms with van der Waals surface area (Å²) in [4.78, 5) is 0. The lowest BCUT2D eigenvalue weighted by atomic mass is 9.78. The minimum absolute atomic E-state index is 1.02. The van der Waals surface area contributed by atoms with Crippen LogP contribution in [0.1, 0.15) is 57.8 Å². The maximum absolute atomic E-state index is 3.57. The number of nitrogens with one attached hydrogen (secondary N) is 1. The molecule has 1 aliphatic heterocycles. The maximum Gasteiger partial charge on any atom is -0.00179 e. The van der Waals surface area contributed by atoms with Gasteiger partial charge in [0.05, 0.1) is 0 Å². The van der Waals surface area contributed by atoms with Gasteiger partial charge < -0.3 is 5.32 Å². The summed E-state index contributed by atoms with van der Waals surface area (Å²) in [5, 5.41) is 3.57. The first kappa shape index (κ1) is 10.5. The van der Waals surface area contributed by atoms with Crippen LogP contribution in [0.15, 0.2) is 0 Å². The normalized spacial score (nSPS) is 32.1. The van der Waals surface area contributed by atoms with E-state index < -0.39 is 0 Å². The molecule has 14 heavy (non-hydrogen) atoms.